The van der Waals surface area contributed by atoms with Gasteiger partial charge < -0.3 is 9.42 Å². The zero-order valence-electron chi connectivity index (χ0n) is 14.7. The topological polar surface area (TPSA) is 62.5 Å². The number of carbonyl (C=O) groups excluding carboxylic acids is 1. The molecule has 0 atom stereocenters. The Bertz CT molecular complexity index is 714. The molecule has 2 aromatic heterocycles. The number of thiazole rings is 1. The predicted octanol–water partition coefficient (Wildman–Crippen LogP) is 2.83. The van der Waals surface area contributed by atoms with Gasteiger partial charge in [0.25, 0.3) is 5.91 Å². The third-order valence-electron chi connectivity index (χ3n) is 4.22. The van der Waals surface area contributed by atoms with Gasteiger partial charge in [-0.15, -0.1) is 11.3 Å². The molecule has 2 aromatic rings. The van der Waals surface area contributed by atoms with E-state index in [4.69, 9.17) is 4.52 Å². The number of hydrogen-bond donors (Lipinski definition) is 0. The normalized spacial score (nSPS) is 16.1. The van der Waals surface area contributed by atoms with E-state index in [1.165, 1.54) is 11.3 Å². The highest BCUT2D eigenvalue weighted by Gasteiger charge is 2.26. The Balaban J connectivity index is 1.59. The smallest absolute Gasteiger partial charge is 0.265 e. The van der Waals surface area contributed by atoms with E-state index in [0.717, 1.165) is 59.8 Å². The van der Waals surface area contributed by atoms with Crippen molar-refractivity contribution in [2.24, 2.45) is 0 Å². The Kier molecular flexibility index (Phi) is 5.01. The van der Waals surface area contributed by atoms with Crippen molar-refractivity contribution in [2.45, 2.75) is 40.2 Å². The molecule has 0 radical (unpaired) electrons. The van der Waals surface area contributed by atoms with Crippen LogP contribution in [0.15, 0.2) is 10.6 Å². The monoisotopic (exact) mass is 348 g/mol. The predicted molar refractivity (Wildman–Crippen MR) is 93.4 cm³/mol. The van der Waals surface area contributed by atoms with Gasteiger partial charge in [0.05, 0.1) is 22.9 Å². The molecule has 3 rings (SSSR count). The molecule has 0 spiro atoms. The molecule has 24 heavy (non-hydrogen) atoms. The molecule has 1 fully saturated rings. The summed E-state index contributed by atoms with van der Waals surface area (Å²) in [6, 6.07) is 1.96. The first-order valence-corrected chi connectivity index (χ1v) is 9.17. The third kappa shape index (κ3) is 3.67. The van der Waals surface area contributed by atoms with Crippen LogP contribution in [0.4, 0.5) is 0 Å². The fourth-order valence-electron chi connectivity index (χ4n) is 2.83. The lowest BCUT2D eigenvalue weighted by molar-refractivity contribution is 0.0621. The SMILES string of the molecule is Cc1cc(CN2CCN(C(=O)c3sc(C(C)C)nc3C)CC2)on1. The van der Waals surface area contributed by atoms with E-state index in [9.17, 15) is 4.79 Å². The average Bonchev–Trinajstić information content (AvgIpc) is 3.13. The van der Waals surface area contributed by atoms with Gasteiger partial charge in [-0.25, -0.2) is 4.98 Å². The maximum absolute atomic E-state index is 12.8. The van der Waals surface area contributed by atoms with Gasteiger partial charge in [-0.3, -0.25) is 9.69 Å². The van der Waals surface area contributed by atoms with Gasteiger partial charge in [-0.2, -0.15) is 0 Å². The van der Waals surface area contributed by atoms with E-state index in [1.54, 1.807) is 0 Å². The van der Waals surface area contributed by atoms with Crippen LogP contribution in [0.1, 0.15) is 51.6 Å². The van der Waals surface area contributed by atoms with Gasteiger partial charge in [0, 0.05) is 38.2 Å². The maximum Gasteiger partial charge on any atom is 0.265 e. The molecule has 0 aromatic carbocycles. The van der Waals surface area contributed by atoms with Crippen LogP contribution < -0.4 is 0 Å². The summed E-state index contributed by atoms with van der Waals surface area (Å²) in [5, 5.41) is 4.96. The van der Waals surface area contributed by atoms with Gasteiger partial charge in [-0.05, 0) is 13.8 Å². The minimum Gasteiger partial charge on any atom is -0.360 e. The second kappa shape index (κ2) is 7.03. The van der Waals surface area contributed by atoms with Crippen molar-refractivity contribution in [1.82, 2.24) is 19.9 Å². The second-order valence-electron chi connectivity index (χ2n) is 6.62. The van der Waals surface area contributed by atoms with Crippen LogP contribution in [-0.4, -0.2) is 52.0 Å². The summed E-state index contributed by atoms with van der Waals surface area (Å²) in [5.41, 5.74) is 1.76. The second-order valence-corrected chi connectivity index (χ2v) is 7.65. The lowest BCUT2D eigenvalue weighted by Gasteiger charge is -2.34. The Morgan fingerprint density at radius 3 is 2.54 bits per heavy atom. The lowest BCUT2D eigenvalue weighted by Crippen LogP contribution is -2.48. The van der Waals surface area contributed by atoms with Gasteiger partial charge >= 0.3 is 0 Å². The largest absolute Gasteiger partial charge is 0.360 e. The number of amides is 1. The molecule has 0 bridgehead atoms. The fraction of sp³-hybridized carbons (Fsp3) is 0.588. The summed E-state index contributed by atoms with van der Waals surface area (Å²) in [7, 11) is 0. The number of hydrogen-bond acceptors (Lipinski definition) is 6. The third-order valence-corrected chi connectivity index (χ3v) is 5.66. The molecule has 3 heterocycles. The van der Waals surface area contributed by atoms with Crippen molar-refractivity contribution >= 4 is 17.2 Å². The number of aromatic nitrogens is 2. The van der Waals surface area contributed by atoms with Crippen molar-refractivity contribution in [1.29, 1.82) is 0 Å². The fourth-order valence-corrected chi connectivity index (χ4v) is 3.86. The summed E-state index contributed by atoms with van der Waals surface area (Å²) < 4.78 is 5.27. The van der Waals surface area contributed by atoms with Crippen LogP contribution in [-0.2, 0) is 6.54 Å². The van der Waals surface area contributed by atoms with Crippen LogP contribution in [0, 0.1) is 13.8 Å². The number of nitrogens with zero attached hydrogens (tertiary/aromatic N) is 4. The van der Waals surface area contributed by atoms with E-state index in [-0.39, 0.29) is 5.91 Å². The van der Waals surface area contributed by atoms with E-state index in [0.29, 0.717) is 5.92 Å². The van der Waals surface area contributed by atoms with Crippen LogP contribution in [0.3, 0.4) is 0 Å². The highest BCUT2D eigenvalue weighted by Crippen LogP contribution is 2.26. The van der Waals surface area contributed by atoms with Crippen LogP contribution in [0.25, 0.3) is 0 Å². The lowest BCUT2D eigenvalue weighted by atomic mass is 10.2. The van der Waals surface area contributed by atoms with Crippen molar-refractivity contribution in [3.8, 4) is 0 Å². The zero-order valence-corrected chi connectivity index (χ0v) is 15.5. The molecule has 0 saturated carbocycles. The molecule has 7 heteroatoms. The highest BCUT2D eigenvalue weighted by atomic mass is 32.1. The molecule has 1 amide bonds. The molecule has 6 nitrogen and oxygen atoms in total. The van der Waals surface area contributed by atoms with Crippen molar-refractivity contribution < 1.29 is 9.32 Å². The molecular weight excluding hydrogens is 324 g/mol. The first-order valence-electron chi connectivity index (χ1n) is 8.35. The number of rotatable bonds is 4. The van der Waals surface area contributed by atoms with Crippen LogP contribution >= 0.6 is 11.3 Å². The molecule has 1 aliphatic heterocycles. The van der Waals surface area contributed by atoms with Crippen molar-refractivity contribution in [2.75, 3.05) is 26.2 Å². The summed E-state index contributed by atoms with van der Waals surface area (Å²) in [6.45, 7) is 12.0. The molecule has 0 N–H and O–H groups in total. The van der Waals surface area contributed by atoms with E-state index in [1.807, 2.05) is 24.8 Å². The summed E-state index contributed by atoms with van der Waals surface area (Å²) >= 11 is 1.54. The first-order chi connectivity index (χ1) is 11.4. The molecule has 1 saturated heterocycles. The summed E-state index contributed by atoms with van der Waals surface area (Å²) in [6.07, 6.45) is 0. The van der Waals surface area contributed by atoms with Crippen molar-refractivity contribution in [3.05, 3.63) is 33.1 Å². The van der Waals surface area contributed by atoms with Gasteiger partial charge in [-0.1, -0.05) is 19.0 Å². The Labute approximate surface area is 146 Å². The van der Waals surface area contributed by atoms with Gasteiger partial charge in [0.2, 0.25) is 0 Å². The molecule has 0 unspecified atom stereocenters. The molecular formula is C17H24N4O2S. The van der Waals surface area contributed by atoms with Gasteiger partial charge in [0.15, 0.2) is 5.76 Å². The summed E-state index contributed by atoms with van der Waals surface area (Å²) in [4.78, 5) is 22.3. The van der Waals surface area contributed by atoms with Crippen molar-refractivity contribution in [3.63, 3.8) is 0 Å². The zero-order chi connectivity index (χ0) is 17.3. The maximum atomic E-state index is 12.8. The number of aryl methyl sites for hydroxylation is 2. The van der Waals surface area contributed by atoms with Gasteiger partial charge in [0.1, 0.15) is 4.88 Å². The highest BCUT2D eigenvalue weighted by molar-refractivity contribution is 7.13. The average molecular weight is 348 g/mol. The number of carbonyl (C=O) groups is 1. The minimum absolute atomic E-state index is 0.118. The molecule has 0 aliphatic carbocycles. The summed E-state index contributed by atoms with van der Waals surface area (Å²) in [5.74, 6) is 1.36. The standard InChI is InChI=1S/C17H24N4O2S/c1-11(2)16-18-13(4)15(24-16)17(22)21-7-5-20(6-8-21)10-14-9-12(3)19-23-14/h9,11H,5-8,10H2,1-4H3. The molecule has 130 valence electrons. The minimum atomic E-state index is 0.118. The Morgan fingerprint density at radius 1 is 1.29 bits per heavy atom. The quantitative estimate of drug-likeness (QED) is 0.850. The van der Waals surface area contributed by atoms with E-state index >= 15 is 0 Å². The Hall–Kier alpha value is -1.73. The van der Waals surface area contributed by atoms with Crippen LogP contribution in [0.2, 0.25) is 0 Å². The Morgan fingerprint density at radius 2 is 2.00 bits per heavy atom. The van der Waals surface area contributed by atoms with E-state index in [2.05, 4.69) is 28.9 Å². The number of piperazine rings is 1. The molecule has 1 aliphatic rings. The van der Waals surface area contributed by atoms with Crippen LogP contribution in [0.5, 0.6) is 0 Å². The first kappa shape index (κ1) is 17.1. The van der Waals surface area contributed by atoms with E-state index < -0.39 is 0 Å².